The van der Waals surface area contributed by atoms with Gasteiger partial charge in [0.15, 0.2) is 0 Å². The fraction of sp³-hybridized carbons (Fsp3) is 0.571. The number of methoxy groups -OCH3 is 1. The van der Waals surface area contributed by atoms with E-state index in [2.05, 4.69) is 10.3 Å². The van der Waals surface area contributed by atoms with Crippen LogP contribution in [-0.4, -0.2) is 37.3 Å². The summed E-state index contributed by atoms with van der Waals surface area (Å²) in [6.07, 6.45) is 4.38. The number of nitrogens with two attached hydrogens (primary N) is 1. The number of aromatic nitrogens is 1. The van der Waals surface area contributed by atoms with Gasteiger partial charge in [-0.15, -0.1) is 0 Å². The number of ether oxygens (including phenoxy) is 2. The van der Waals surface area contributed by atoms with Crippen molar-refractivity contribution >= 4 is 11.6 Å². The predicted octanol–water partition coefficient (Wildman–Crippen LogP) is 1.17. The van der Waals surface area contributed by atoms with Gasteiger partial charge in [-0.05, 0) is 18.9 Å². The van der Waals surface area contributed by atoms with Gasteiger partial charge in [0.1, 0.15) is 6.61 Å². The Morgan fingerprint density at radius 1 is 1.45 bits per heavy atom. The number of amides is 1. The van der Waals surface area contributed by atoms with E-state index in [1.807, 2.05) is 0 Å². The lowest BCUT2D eigenvalue weighted by Gasteiger charge is -2.15. The van der Waals surface area contributed by atoms with E-state index >= 15 is 0 Å². The second-order valence-electron chi connectivity index (χ2n) is 4.92. The highest BCUT2D eigenvalue weighted by molar-refractivity contribution is 5.93. The van der Waals surface area contributed by atoms with E-state index < -0.39 is 0 Å². The second kappa shape index (κ2) is 7.21. The number of rotatable bonds is 6. The average Bonchev–Trinajstić information content (AvgIpc) is 2.87. The van der Waals surface area contributed by atoms with Crippen LogP contribution in [0.2, 0.25) is 0 Å². The number of carbonyl (C=O) groups excluding carboxylic acids is 1. The van der Waals surface area contributed by atoms with Gasteiger partial charge in [-0.25, -0.2) is 4.98 Å². The van der Waals surface area contributed by atoms with Crippen LogP contribution in [0, 0.1) is 5.92 Å². The number of pyridine rings is 1. The van der Waals surface area contributed by atoms with Crippen molar-refractivity contribution in [2.45, 2.75) is 25.3 Å². The summed E-state index contributed by atoms with van der Waals surface area (Å²) in [6, 6.07) is 3.47. The molecule has 2 atom stereocenters. The molecule has 0 radical (unpaired) electrons. The van der Waals surface area contributed by atoms with Gasteiger partial charge in [0.05, 0.1) is 24.4 Å². The van der Waals surface area contributed by atoms with Crippen LogP contribution in [-0.2, 0) is 9.53 Å². The van der Waals surface area contributed by atoms with E-state index in [-0.39, 0.29) is 17.9 Å². The smallest absolute Gasteiger partial charge is 0.229 e. The van der Waals surface area contributed by atoms with Gasteiger partial charge in [-0.1, -0.05) is 6.42 Å². The number of hydrogen-bond donors (Lipinski definition) is 2. The first-order valence-electron chi connectivity index (χ1n) is 6.85. The van der Waals surface area contributed by atoms with Gasteiger partial charge < -0.3 is 20.5 Å². The van der Waals surface area contributed by atoms with Crippen molar-refractivity contribution in [3.8, 4) is 5.88 Å². The summed E-state index contributed by atoms with van der Waals surface area (Å²) < 4.78 is 10.2. The van der Waals surface area contributed by atoms with E-state index in [4.69, 9.17) is 15.2 Å². The number of carbonyl (C=O) groups is 1. The Morgan fingerprint density at radius 2 is 2.30 bits per heavy atom. The highest BCUT2D eigenvalue weighted by Crippen LogP contribution is 2.25. The molecule has 1 aromatic heterocycles. The molecule has 6 heteroatoms. The molecule has 1 saturated carbocycles. The molecule has 2 unspecified atom stereocenters. The van der Waals surface area contributed by atoms with Crippen molar-refractivity contribution < 1.29 is 14.3 Å². The quantitative estimate of drug-likeness (QED) is 0.763. The summed E-state index contributed by atoms with van der Waals surface area (Å²) in [4.78, 5) is 16.2. The zero-order valence-corrected chi connectivity index (χ0v) is 11.7. The molecule has 20 heavy (non-hydrogen) atoms. The predicted molar refractivity (Wildman–Crippen MR) is 75.6 cm³/mol. The number of nitrogens with zero attached hydrogens (tertiary/aromatic N) is 1. The summed E-state index contributed by atoms with van der Waals surface area (Å²) >= 11 is 0. The van der Waals surface area contributed by atoms with Crippen LogP contribution in [0.4, 0.5) is 5.69 Å². The maximum absolute atomic E-state index is 12.1. The zero-order chi connectivity index (χ0) is 14.4. The topological polar surface area (TPSA) is 86.5 Å². The number of hydrogen-bond acceptors (Lipinski definition) is 5. The number of nitrogens with one attached hydrogen (secondary N) is 1. The third-order valence-corrected chi connectivity index (χ3v) is 3.45. The van der Waals surface area contributed by atoms with Gasteiger partial charge in [-0.3, -0.25) is 4.79 Å². The van der Waals surface area contributed by atoms with Crippen molar-refractivity contribution in [2.24, 2.45) is 11.7 Å². The molecular weight excluding hydrogens is 258 g/mol. The molecule has 1 aliphatic carbocycles. The molecule has 1 heterocycles. The maximum Gasteiger partial charge on any atom is 0.229 e. The van der Waals surface area contributed by atoms with E-state index in [1.54, 1.807) is 25.4 Å². The Bertz CT molecular complexity index is 436. The lowest BCUT2D eigenvalue weighted by Crippen LogP contribution is -2.34. The molecule has 1 aliphatic rings. The summed E-state index contributed by atoms with van der Waals surface area (Å²) in [5.41, 5.74) is 6.58. The fourth-order valence-corrected chi connectivity index (χ4v) is 2.32. The van der Waals surface area contributed by atoms with Crippen LogP contribution in [0.1, 0.15) is 19.3 Å². The van der Waals surface area contributed by atoms with Crippen LogP contribution in [0.3, 0.4) is 0 Å². The van der Waals surface area contributed by atoms with Crippen LogP contribution >= 0.6 is 0 Å². The standard InChI is InChI=1S/C14H21N3O3/c1-19-7-8-20-13-6-5-10(9-16-13)17-14(18)11-3-2-4-12(11)15/h5-6,9,11-12H,2-4,7-8,15H2,1H3,(H,17,18). The largest absolute Gasteiger partial charge is 0.475 e. The van der Waals surface area contributed by atoms with Gasteiger partial charge >= 0.3 is 0 Å². The Hall–Kier alpha value is -1.66. The monoisotopic (exact) mass is 279 g/mol. The number of anilines is 1. The van der Waals surface area contributed by atoms with E-state index in [9.17, 15) is 4.79 Å². The Labute approximate surface area is 118 Å². The van der Waals surface area contributed by atoms with Crippen molar-refractivity contribution in [1.29, 1.82) is 0 Å². The van der Waals surface area contributed by atoms with Gasteiger partial charge in [-0.2, -0.15) is 0 Å². The maximum atomic E-state index is 12.1. The second-order valence-corrected chi connectivity index (χ2v) is 4.92. The van der Waals surface area contributed by atoms with Crippen molar-refractivity contribution in [2.75, 3.05) is 25.6 Å². The minimum atomic E-state index is -0.0902. The summed E-state index contributed by atoms with van der Waals surface area (Å²) in [6.45, 7) is 0.964. The zero-order valence-electron chi connectivity index (χ0n) is 11.7. The lowest BCUT2D eigenvalue weighted by atomic mass is 10.0. The average molecular weight is 279 g/mol. The first kappa shape index (κ1) is 14.7. The first-order chi connectivity index (χ1) is 9.70. The van der Waals surface area contributed by atoms with E-state index in [0.29, 0.717) is 24.8 Å². The Balaban J connectivity index is 1.85. The molecule has 1 amide bonds. The minimum absolute atomic E-state index is 0.0233. The summed E-state index contributed by atoms with van der Waals surface area (Å²) in [7, 11) is 1.61. The minimum Gasteiger partial charge on any atom is -0.475 e. The van der Waals surface area contributed by atoms with E-state index in [0.717, 1.165) is 19.3 Å². The molecule has 3 N–H and O–H groups in total. The molecule has 1 fully saturated rings. The van der Waals surface area contributed by atoms with Crippen LogP contribution in [0.15, 0.2) is 18.3 Å². The molecule has 110 valence electrons. The van der Waals surface area contributed by atoms with Crippen molar-refractivity contribution in [1.82, 2.24) is 4.98 Å². The van der Waals surface area contributed by atoms with Crippen LogP contribution < -0.4 is 15.8 Å². The first-order valence-corrected chi connectivity index (χ1v) is 6.85. The van der Waals surface area contributed by atoms with Crippen LogP contribution in [0.5, 0.6) is 5.88 Å². The summed E-state index contributed by atoms with van der Waals surface area (Å²) in [5, 5.41) is 2.85. The van der Waals surface area contributed by atoms with E-state index in [1.165, 1.54) is 0 Å². The molecule has 6 nitrogen and oxygen atoms in total. The molecule has 0 aliphatic heterocycles. The van der Waals surface area contributed by atoms with Gasteiger partial charge in [0.25, 0.3) is 0 Å². The molecule has 2 rings (SSSR count). The third-order valence-electron chi connectivity index (χ3n) is 3.45. The molecule has 0 spiro atoms. The lowest BCUT2D eigenvalue weighted by molar-refractivity contribution is -0.120. The molecule has 1 aromatic rings. The van der Waals surface area contributed by atoms with Crippen molar-refractivity contribution in [3.05, 3.63) is 18.3 Å². The molecule has 0 bridgehead atoms. The third kappa shape index (κ3) is 3.91. The Morgan fingerprint density at radius 3 is 2.90 bits per heavy atom. The van der Waals surface area contributed by atoms with Crippen molar-refractivity contribution in [3.63, 3.8) is 0 Å². The molecular formula is C14H21N3O3. The molecule has 0 saturated heterocycles. The van der Waals surface area contributed by atoms with Gasteiger partial charge in [0, 0.05) is 19.2 Å². The highest BCUT2D eigenvalue weighted by atomic mass is 16.5. The molecule has 0 aromatic carbocycles. The SMILES string of the molecule is COCCOc1ccc(NC(=O)C2CCCC2N)cn1. The normalized spacial score (nSPS) is 21.7. The summed E-state index contributed by atoms with van der Waals surface area (Å²) in [5.74, 6) is 0.398. The highest BCUT2D eigenvalue weighted by Gasteiger charge is 2.30. The van der Waals surface area contributed by atoms with Crippen LogP contribution in [0.25, 0.3) is 0 Å². The fourth-order valence-electron chi connectivity index (χ4n) is 2.32. The Kier molecular flexibility index (Phi) is 5.31. The van der Waals surface area contributed by atoms with Gasteiger partial charge in [0.2, 0.25) is 11.8 Å².